The minimum absolute atomic E-state index is 0.176. The number of nitrogens with one attached hydrogen (secondary N) is 1. The summed E-state index contributed by atoms with van der Waals surface area (Å²) in [5.74, 6) is -0.176. The van der Waals surface area contributed by atoms with Crippen molar-refractivity contribution in [1.29, 1.82) is 0 Å². The fraction of sp³-hybridized carbons (Fsp3) is 0.0769. The van der Waals surface area contributed by atoms with E-state index >= 15 is 0 Å². The molecule has 0 saturated heterocycles. The summed E-state index contributed by atoms with van der Waals surface area (Å²) in [6.07, 6.45) is 4.84. The fourth-order valence-corrected chi connectivity index (χ4v) is 2.98. The van der Waals surface area contributed by atoms with E-state index in [9.17, 15) is 4.79 Å². The van der Waals surface area contributed by atoms with Crippen molar-refractivity contribution in [2.45, 2.75) is 6.54 Å². The van der Waals surface area contributed by atoms with Gasteiger partial charge < -0.3 is 5.32 Å². The molecule has 3 aromatic rings. The van der Waals surface area contributed by atoms with Crippen molar-refractivity contribution < 1.29 is 4.79 Å². The highest BCUT2D eigenvalue weighted by Crippen LogP contribution is 2.20. The Bertz CT molecular complexity index is 694. The molecule has 0 aliphatic rings. The molecule has 0 atom stereocenters. The lowest BCUT2D eigenvalue weighted by atomic mass is 10.4. The average molecular weight is 302 g/mol. The number of carbonyl (C=O) groups excluding carboxylic acids is 1. The first kappa shape index (κ1) is 12.9. The van der Waals surface area contributed by atoms with Crippen LogP contribution in [0.2, 0.25) is 0 Å². The highest BCUT2D eigenvalue weighted by molar-refractivity contribution is 7.13. The molecule has 0 aromatic carbocycles. The van der Waals surface area contributed by atoms with Gasteiger partial charge in [-0.3, -0.25) is 14.8 Å². The van der Waals surface area contributed by atoms with Crippen LogP contribution in [-0.4, -0.2) is 20.9 Å². The van der Waals surface area contributed by atoms with Gasteiger partial charge in [-0.2, -0.15) is 0 Å². The molecule has 1 N–H and O–H groups in total. The Morgan fingerprint density at radius 2 is 2.25 bits per heavy atom. The maximum atomic E-state index is 12.0. The largest absolute Gasteiger partial charge is 0.346 e. The van der Waals surface area contributed by atoms with Gasteiger partial charge in [0.2, 0.25) is 0 Å². The second-order valence-corrected chi connectivity index (χ2v) is 5.78. The maximum Gasteiger partial charge on any atom is 0.271 e. The maximum absolute atomic E-state index is 12.0. The molecule has 0 aliphatic heterocycles. The summed E-state index contributed by atoms with van der Waals surface area (Å²) >= 11 is 2.99. The van der Waals surface area contributed by atoms with Gasteiger partial charge >= 0.3 is 0 Å². The van der Waals surface area contributed by atoms with Crippen molar-refractivity contribution >= 4 is 28.6 Å². The number of carbonyl (C=O) groups is 1. The standard InChI is InChI=1S/C13H10N4OS2/c18-12(16-6-9-2-1-5-19-9)11-8-20-13(17-11)10-7-14-3-4-15-10/h1-5,7-8H,6H2,(H,16,18). The minimum atomic E-state index is -0.176. The topological polar surface area (TPSA) is 67.8 Å². The highest BCUT2D eigenvalue weighted by atomic mass is 32.1. The quantitative estimate of drug-likeness (QED) is 0.804. The van der Waals surface area contributed by atoms with Gasteiger partial charge in [-0.1, -0.05) is 6.07 Å². The van der Waals surface area contributed by atoms with Crippen LogP contribution in [-0.2, 0) is 6.54 Å². The number of thiazole rings is 1. The number of thiophene rings is 1. The lowest BCUT2D eigenvalue weighted by Gasteiger charge is -2.00. The summed E-state index contributed by atoms with van der Waals surface area (Å²) < 4.78 is 0. The van der Waals surface area contributed by atoms with Crippen LogP contribution >= 0.6 is 22.7 Å². The van der Waals surface area contributed by atoms with Crippen LogP contribution in [0, 0.1) is 0 Å². The van der Waals surface area contributed by atoms with Crippen LogP contribution in [0.25, 0.3) is 10.7 Å². The van der Waals surface area contributed by atoms with Gasteiger partial charge in [-0.05, 0) is 11.4 Å². The van der Waals surface area contributed by atoms with E-state index in [-0.39, 0.29) is 5.91 Å². The predicted molar refractivity (Wildman–Crippen MR) is 78.6 cm³/mol. The number of hydrogen-bond donors (Lipinski definition) is 1. The van der Waals surface area contributed by atoms with Crippen LogP contribution in [0.3, 0.4) is 0 Å². The van der Waals surface area contributed by atoms with E-state index < -0.39 is 0 Å². The van der Waals surface area contributed by atoms with Crippen LogP contribution in [0.5, 0.6) is 0 Å². The van der Waals surface area contributed by atoms with Crippen LogP contribution in [0.4, 0.5) is 0 Å². The lowest BCUT2D eigenvalue weighted by molar-refractivity contribution is 0.0947. The Labute approximate surface area is 123 Å². The third-order valence-corrected chi connectivity index (χ3v) is 4.26. The number of amides is 1. The summed E-state index contributed by atoms with van der Waals surface area (Å²) in [5.41, 5.74) is 1.09. The molecule has 0 fully saturated rings. The Morgan fingerprint density at radius 1 is 1.30 bits per heavy atom. The van der Waals surface area contributed by atoms with Gasteiger partial charge in [-0.15, -0.1) is 22.7 Å². The van der Waals surface area contributed by atoms with E-state index in [2.05, 4.69) is 20.3 Å². The van der Waals surface area contributed by atoms with Crippen molar-refractivity contribution in [1.82, 2.24) is 20.3 Å². The average Bonchev–Trinajstić information content (AvgIpc) is 3.17. The number of rotatable bonds is 4. The molecule has 0 radical (unpaired) electrons. The van der Waals surface area contributed by atoms with Gasteiger partial charge in [-0.25, -0.2) is 4.98 Å². The van der Waals surface area contributed by atoms with E-state index in [1.54, 1.807) is 35.3 Å². The molecule has 3 aromatic heterocycles. The van der Waals surface area contributed by atoms with Gasteiger partial charge in [0, 0.05) is 22.7 Å². The predicted octanol–water partition coefficient (Wildman–Crippen LogP) is 2.59. The first-order valence-electron chi connectivity index (χ1n) is 5.85. The Kier molecular flexibility index (Phi) is 3.80. The molecule has 0 spiro atoms. The molecule has 3 rings (SSSR count). The second-order valence-electron chi connectivity index (χ2n) is 3.89. The normalized spacial score (nSPS) is 10.4. The minimum Gasteiger partial charge on any atom is -0.346 e. The molecule has 7 heteroatoms. The van der Waals surface area contributed by atoms with E-state index in [1.165, 1.54) is 11.3 Å². The lowest BCUT2D eigenvalue weighted by Crippen LogP contribution is -2.22. The van der Waals surface area contributed by atoms with Crippen LogP contribution in [0.15, 0.2) is 41.5 Å². The zero-order valence-corrected chi connectivity index (χ0v) is 11.9. The third kappa shape index (κ3) is 2.89. The fourth-order valence-electron chi connectivity index (χ4n) is 1.58. The molecule has 0 unspecified atom stereocenters. The van der Waals surface area contributed by atoms with Crippen molar-refractivity contribution in [3.8, 4) is 10.7 Å². The summed E-state index contributed by atoms with van der Waals surface area (Å²) in [6, 6.07) is 3.94. The van der Waals surface area contributed by atoms with E-state index in [4.69, 9.17) is 0 Å². The molecule has 0 saturated carbocycles. The smallest absolute Gasteiger partial charge is 0.271 e. The second kappa shape index (κ2) is 5.89. The van der Waals surface area contributed by atoms with E-state index in [1.807, 2.05) is 17.5 Å². The first-order valence-corrected chi connectivity index (χ1v) is 7.61. The van der Waals surface area contributed by atoms with Crippen molar-refractivity contribution in [3.63, 3.8) is 0 Å². The Hall–Kier alpha value is -2.12. The molecule has 20 heavy (non-hydrogen) atoms. The number of nitrogens with zero attached hydrogens (tertiary/aromatic N) is 3. The third-order valence-electron chi connectivity index (χ3n) is 2.52. The molecule has 100 valence electrons. The zero-order chi connectivity index (χ0) is 13.8. The monoisotopic (exact) mass is 302 g/mol. The van der Waals surface area contributed by atoms with Gasteiger partial charge in [0.1, 0.15) is 16.4 Å². The molecule has 0 bridgehead atoms. The van der Waals surface area contributed by atoms with Crippen LogP contribution < -0.4 is 5.32 Å². The summed E-state index contributed by atoms with van der Waals surface area (Å²) in [5, 5.41) is 7.25. The molecule has 3 heterocycles. The van der Waals surface area contributed by atoms with Crippen molar-refractivity contribution in [2.75, 3.05) is 0 Å². The van der Waals surface area contributed by atoms with Gasteiger partial charge in [0.15, 0.2) is 0 Å². The molecular formula is C13H10N4OS2. The van der Waals surface area contributed by atoms with E-state index in [0.717, 1.165) is 4.88 Å². The molecule has 1 amide bonds. The van der Waals surface area contributed by atoms with Gasteiger partial charge in [0.25, 0.3) is 5.91 Å². The van der Waals surface area contributed by atoms with E-state index in [0.29, 0.717) is 22.9 Å². The van der Waals surface area contributed by atoms with Crippen LogP contribution in [0.1, 0.15) is 15.4 Å². The summed E-state index contributed by atoms with van der Waals surface area (Å²) in [4.78, 5) is 25.5. The molecule has 5 nitrogen and oxygen atoms in total. The highest BCUT2D eigenvalue weighted by Gasteiger charge is 2.12. The zero-order valence-electron chi connectivity index (χ0n) is 10.3. The SMILES string of the molecule is O=C(NCc1cccs1)c1csc(-c2cnccn2)n1. The van der Waals surface area contributed by atoms with Crippen molar-refractivity contribution in [2.24, 2.45) is 0 Å². The summed E-state index contributed by atoms with van der Waals surface area (Å²) in [7, 11) is 0. The molecule has 0 aliphatic carbocycles. The number of aromatic nitrogens is 3. The Morgan fingerprint density at radius 3 is 3.00 bits per heavy atom. The van der Waals surface area contributed by atoms with Gasteiger partial charge in [0.05, 0.1) is 12.7 Å². The molecular weight excluding hydrogens is 292 g/mol. The Balaban J connectivity index is 1.69. The summed E-state index contributed by atoms with van der Waals surface area (Å²) in [6.45, 7) is 0.522. The van der Waals surface area contributed by atoms with Crippen molar-refractivity contribution in [3.05, 3.63) is 52.1 Å². The first-order chi connectivity index (χ1) is 9.83. The number of hydrogen-bond acceptors (Lipinski definition) is 6.